The van der Waals surface area contributed by atoms with E-state index in [9.17, 15) is 9.59 Å². The summed E-state index contributed by atoms with van der Waals surface area (Å²) in [5.41, 5.74) is 0.787. The number of hydrogen-bond acceptors (Lipinski definition) is 4. The lowest BCUT2D eigenvalue weighted by Crippen LogP contribution is -2.21. The quantitative estimate of drug-likeness (QED) is 0.719. The molecule has 1 amide bonds. The smallest absolute Gasteiger partial charge is 0.338 e. The highest BCUT2D eigenvalue weighted by molar-refractivity contribution is 9.10. The Morgan fingerprint density at radius 2 is 1.88 bits per heavy atom. The highest BCUT2D eigenvalue weighted by Crippen LogP contribution is 2.25. The minimum absolute atomic E-state index is 0.341. The van der Waals surface area contributed by atoms with Crippen LogP contribution in [0.2, 0.25) is 5.02 Å². The molecule has 0 fully saturated rings. The molecule has 0 radical (unpaired) electrons. The van der Waals surface area contributed by atoms with Crippen molar-refractivity contribution in [1.29, 1.82) is 0 Å². The SMILES string of the molecule is CCOc1ccc(C(=O)OCC(=O)Nc2ccc(Br)cc2Cl)cc1. The van der Waals surface area contributed by atoms with E-state index in [1.807, 2.05) is 6.92 Å². The molecule has 0 bridgehead atoms. The van der Waals surface area contributed by atoms with E-state index < -0.39 is 18.5 Å². The molecule has 0 heterocycles. The van der Waals surface area contributed by atoms with Crippen LogP contribution < -0.4 is 10.1 Å². The van der Waals surface area contributed by atoms with Crippen molar-refractivity contribution in [2.75, 3.05) is 18.5 Å². The molecule has 0 aliphatic rings. The van der Waals surface area contributed by atoms with Crippen LogP contribution in [0.4, 0.5) is 5.69 Å². The number of amides is 1. The number of esters is 1. The molecule has 126 valence electrons. The van der Waals surface area contributed by atoms with Gasteiger partial charge in [0.25, 0.3) is 5.91 Å². The maximum atomic E-state index is 11.9. The van der Waals surface area contributed by atoms with Crippen LogP contribution in [-0.2, 0) is 9.53 Å². The van der Waals surface area contributed by atoms with Crippen LogP contribution in [0.1, 0.15) is 17.3 Å². The van der Waals surface area contributed by atoms with E-state index in [4.69, 9.17) is 21.1 Å². The highest BCUT2D eigenvalue weighted by Gasteiger charge is 2.12. The van der Waals surface area contributed by atoms with Gasteiger partial charge in [-0.3, -0.25) is 4.79 Å². The summed E-state index contributed by atoms with van der Waals surface area (Å²) in [6.45, 7) is 2.01. The maximum absolute atomic E-state index is 11.9. The van der Waals surface area contributed by atoms with Crippen molar-refractivity contribution in [3.8, 4) is 5.75 Å². The Labute approximate surface area is 153 Å². The molecule has 0 saturated heterocycles. The van der Waals surface area contributed by atoms with Crippen molar-refractivity contribution < 1.29 is 19.1 Å². The van der Waals surface area contributed by atoms with Gasteiger partial charge in [-0.2, -0.15) is 0 Å². The zero-order valence-electron chi connectivity index (χ0n) is 12.8. The Morgan fingerprint density at radius 3 is 2.50 bits per heavy atom. The van der Waals surface area contributed by atoms with Gasteiger partial charge in [0, 0.05) is 4.47 Å². The van der Waals surface area contributed by atoms with Gasteiger partial charge in [0.05, 0.1) is 22.9 Å². The van der Waals surface area contributed by atoms with Gasteiger partial charge in [-0.05, 0) is 49.4 Å². The molecule has 5 nitrogen and oxygen atoms in total. The fourth-order valence-corrected chi connectivity index (χ4v) is 2.57. The topological polar surface area (TPSA) is 64.6 Å². The van der Waals surface area contributed by atoms with Crippen molar-refractivity contribution in [3.05, 3.63) is 57.5 Å². The molecule has 0 aliphatic carbocycles. The predicted octanol–water partition coefficient (Wildman–Crippen LogP) is 4.30. The third kappa shape index (κ3) is 5.25. The van der Waals surface area contributed by atoms with Crippen LogP contribution in [0.15, 0.2) is 46.9 Å². The molecule has 2 aromatic rings. The van der Waals surface area contributed by atoms with Crippen LogP contribution in [0.5, 0.6) is 5.75 Å². The number of hydrogen-bond donors (Lipinski definition) is 1. The van der Waals surface area contributed by atoms with Gasteiger partial charge in [-0.25, -0.2) is 4.79 Å². The van der Waals surface area contributed by atoms with Crippen molar-refractivity contribution in [2.24, 2.45) is 0 Å². The first kappa shape index (κ1) is 18.3. The minimum atomic E-state index is -0.588. The lowest BCUT2D eigenvalue weighted by Gasteiger charge is -2.09. The van der Waals surface area contributed by atoms with E-state index in [2.05, 4.69) is 21.2 Å². The Kier molecular flexibility index (Phi) is 6.63. The molecule has 0 saturated carbocycles. The lowest BCUT2D eigenvalue weighted by atomic mass is 10.2. The number of rotatable bonds is 6. The Hall–Kier alpha value is -2.05. The summed E-state index contributed by atoms with van der Waals surface area (Å²) in [5, 5.41) is 2.97. The fourth-order valence-electron chi connectivity index (χ4n) is 1.85. The van der Waals surface area contributed by atoms with Crippen molar-refractivity contribution in [2.45, 2.75) is 6.92 Å². The molecular weight excluding hydrogens is 398 g/mol. The summed E-state index contributed by atoms with van der Waals surface area (Å²) >= 11 is 9.29. The molecule has 0 aliphatic heterocycles. The number of benzene rings is 2. The molecule has 1 N–H and O–H groups in total. The van der Waals surface area contributed by atoms with Gasteiger partial charge >= 0.3 is 5.97 Å². The third-order valence-corrected chi connectivity index (χ3v) is 3.75. The monoisotopic (exact) mass is 411 g/mol. The van der Waals surface area contributed by atoms with E-state index >= 15 is 0 Å². The lowest BCUT2D eigenvalue weighted by molar-refractivity contribution is -0.119. The summed E-state index contributed by atoms with van der Waals surface area (Å²) in [5.74, 6) is -0.398. The van der Waals surface area contributed by atoms with E-state index in [0.717, 1.165) is 4.47 Å². The number of carbonyl (C=O) groups is 2. The van der Waals surface area contributed by atoms with Crippen molar-refractivity contribution in [3.63, 3.8) is 0 Å². The maximum Gasteiger partial charge on any atom is 0.338 e. The fraction of sp³-hybridized carbons (Fsp3) is 0.176. The first-order chi connectivity index (χ1) is 11.5. The number of anilines is 1. The normalized spacial score (nSPS) is 10.1. The average Bonchev–Trinajstić information content (AvgIpc) is 2.56. The Balaban J connectivity index is 1.87. The standard InChI is InChI=1S/C17H15BrClNO4/c1-2-23-13-6-3-11(4-7-13)17(22)24-10-16(21)20-15-8-5-12(18)9-14(15)19/h3-9H,2,10H2,1H3,(H,20,21). The zero-order chi connectivity index (χ0) is 17.5. The molecule has 2 rings (SSSR count). The minimum Gasteiger partial charge on any atom is -0.494 e. The molecule has 0 atom stereocenters. The summed E-state index contributed by atoms with van der Waals surface area (Å²) in [6.07, 6.45) is 0. The largest absolute Gasteiger partial charge is 0.494 e. The van der Waals surface area contributed by atoms with Crippen LogP contribution in [0.3, 0.4) is 0 Å². The summed E-state index contributed by atoms with van der Waals surface area (Å²) in [7, 11) is 0. The second-order valence-electron chi connectivity index (χ2n) is 4.71. The second kappa shape index (κ2) is 8.70. The van der Waals surface area contributed by atoms with E-state index in [-0.39, 0.29) is 0 Å². The van der Waals surface area contributed by atoms with Crippen molar-refractivity contribution >= 4 is 45.1 Å². The zero-order valence-corrected chi connectivity index (χ0v) is 15.2. The molecule has 7 heteroatoms. The molecule has 24 heavy (non-hydrogen) atoms. The Bertz CT molecular complexity index is 734. The Morgan fingerprint density at radius 1 is 1.17 bits per heavy atom. The molecule has 0 unspecified atom stereocenters. The number of halogens is 2. The highest BCUT2D eigenvalue weighted by atomic mass is 79.9. The van der Waals surface area contributed by atoms with Crippen LogP contribution >= 0.6 is 27.5 Å². The van der Waals surface area contributed by atoms with Gasteiger partial charge in [0.2, 0.25) is 0 Å². The van der Waals surface area contributed by atoms with Gasteiger partial charge < -0.3 is 14.8 Å². The predicted molar refractivity (Wildman–Crippen MR) is 95.7 cm³/mol. The summed E-state index contributed by atoms with van der Waals surface area (Å²) in [6, 6.07) is 11.5. The van der Waals surface area contributed by atoms with E-state index in [1.165, 1.54) is 0 Å². The number of nitrogens with one attached hydrogen (secondary N) is 1. The number of carbonyl (C=O) groups excluding carboxylic acids is 2. The molecule has 0 spiro atoms. The first-order valence-corrected chi connectivity index (χ1v) is 8.31. The van der Waals surface area contributed by atoms with Crippen LogP contribution in [0, 0.1) is 0 Å². The second-order valence-corrected chi connectivity index (χ2v) is 6.03. The molecular formula is C17H15BrClNO4. The van der Waals surface area contributed by atoms with Crippen LogP contribution in [-0.4, -0.2) is 25.1 Å². The van der Waals surface area contributed by atoms with Gasteiger partial charge in [0.15, 0.2) is 6.61 Å². The molecule has 2 aromatic carbocycles. The van der Waals surface area contributed by atoms with Gasteiger partial charge in [-0.15, -0.1) is 0 Å². The number of ether oxygens (including phenoxy) is 2. The van der Waals surface area contributed by atoms with Crippen molar-refractivity contribution in [1.82, 2.24) is 0 Å². The average molecular weight is 413 g/mol. The summed E-state index contributed by atoms with van der Waals surface area (Å²) in [4.78, 5) is 23.8. The van der Waals surface area contributed by atoms with E-state index in [1.54, 1.807) is 42.5 Å². The summed E-state index contributed by atoms with van der Waals surface area (Å²) < 4.78 is 11.1. The first-order valence-electron chi connectivity index (χ1n) is 7.14. The van der Waals surface area contributed by atoms with Gasteiger partial charge in [0.1, 0.15) is 5.75 Å². The van der Waals surface area contributed by atoms with Gasteiger partial charge in [-0.1, -0.05) is 27.5 Å². The van der Waals surface area contributed by atoms with Crippen LogP contribution in [0.25, 0.3) is 0 Å². The van der Waals surface area contributed by atoms with E-state index in [0.29, 0.717) is 28.6 Å². The molecule has 0 aromatic heterocycles. The third-order valence-electron chi connectivity index (χ3n) is 2.94.